The van der Waals surface area contributed by atoms with Crippen molar-refractivity contribution in [2.75, 3.05) is 24.7 Å². The summed E-state index contributed by atoms with van der Waals surface area (Å²) in [6.45, 7) is -0.299. The zero-order valence-electron chi connectivity index (χ0n) is 10.2. The van der Waals surface area contributed by atoms with Crippen molar-refractivity contribution in [3.63, 3.8) is 0 Å². The molecule has 0 atom stereocenters. The molecular weight excluding hydrogens is 277 g/mol. The molecule has 2 N–H and O–H groups in total. The molecule has 0 bridgehead atoms. The zero-order chi connectivity index (χ0) is 14.9. The van der Waals surface area contributed by atoms with Crippen LogP contribution in [0.2, 0.25) is 0 Å². The number of benzene rings is 1. The highest BCUT2D eigenvalue weighted by Gasteiger charge is 2.38. The molecule has 0 spiro atoms. The summed E-state index contributed by atoms with van der Waals surface area (Å²) < 4.78 is 44.0. The Hall–Kier alpha value is -2.09. The number of ether oxygens (including phenoxy) is 1. The molecule has 1 saturated heterocycles. The molecule has 20 heavy (non-hydrogen) atoms. The first-order chi connectivity index (χ1) is 9.32. The van der Waals surface area contributed by atoms with Gasteiger partial charge in [-0.1, -0.05) is 6.07 Å². The van der Waals surface area contributed by atoms with Crippen LogP contribution < -0.4 is 10.6 Å². The third-order valence-corrected chi connectivity index (χ3v) is 2.86. The number of anilines is 1. The van der Waals surface area contributed by atoms with Gasteiger partial charge in [0.1, 0.15) is 6.61 Å². The number of rotatable bonds is 2. The van der Waals surface area contributed by atoms with Crippen LogP contribution in [0.3, 0.4) is 0 Å². The first-order valence-corrected chi connectivity index (χ1v) is 5.70. The van der Waals surface area contributed by atoms with Gasteiger partial charge in [0.15, 0.2) is 0 Å². The second-order valence-corrected chi connectivity index (χ2v) is 4.16. The van der Waals surface area contributed by atoms with E-state index in [1.165, 1.54) is 0 Å². The first-order valence-electron chi connectivity index (χ1n) is 5.70. The fraction of sp³-hybridized carbons (Fsp3) is 0.333. The molecule has 0 aromatic heterocycles. The molecule has 8 heteroatoms. The third-order valence-electron chi connectivity index (χ3n) is 2.86. The van der Waals surface area contributed by atoms with Crippen molar-refractivity contribution in [1.29, 1.82) is 0 Å². The van der Waals surface area contributed by atoms with E-state index in [4.69, 9.17) is 10.5 Å². The Bertz CT molecular complexity index is 557. The Kier molecular flexibility index (Phi) is 3.67. The topological polar surface area (TPSA) is 72.6 Å². The third kappa shape index (κ3) is 2.60. The summed E-state index contributed by atoms with van der Waals surface area (Å²) in [5.41, 5.74) is 3.20. The average Bonchev–Trinajstić information content (AvgIpc) is 2.37. The highest BCUT2D eigenvalue weighted by Crippen LogP contribution is 2.39. The summed E-state index contributed by atoms with van der Waals surface area (Å²) in [5, 5.41) is 0. The minimum absolute atomic E-state index is 0.0633. The lowest BCUT2D eigenvalue weighted by molar-refractivity contribution is -0.137. The van der Waals surface area contributed by atoms with E-state index in [0.29, 0.717) is 0 Å². The van der Waals surface area contributed by atoms with Crippen LogP contribution in [0.4, 0.5) is 18.9 Å². The number of carbonyl (C=O) groups is 2. The molecule has 2 rings (SSSR count). The van der Waals surface area contributed by atoms with E-state index in [2.05, 4.69) is 0 Å². The maximum absolute atomic E-state index is 13.1. The quantitative estimate of drug-likeness (QED) is 0.887. The largest absolute Gasteiger partial charge is 0.418 e. The molecule has 2 amide bonds. The summed E-state index contributed by atoms with van der Waals surface area (Å²) in [7, 11) is 0. The number of carbonyl (C=O) groups excluding carboxylic acids is 2. The van der Waals surface area contributed by atoms with Gasteiger partial charge in [-0.05, 0) is 12.1 Å². The van der Waals surface area contributed by atoms with Crippen LogP contribution in [0.5, 0.6) is 0 Å². The fourth-order valence-electron chi connectivity index (χ4n) is 2.02. The lowest BCUT2D eigenvalue weighted by Gasteiger charge is -2.30. The van der Waals surface area contributed by atoms with Gasteiger partial charge in [-0.3, -0.25) is 9.59 Å². The fourth-order valence-corrected chi connectivity index (χ4v) is 2.02. The van der Waals surface area contributed by atoms with Gasteiger partial charge >= 0.3 is 6.18 Å². The van der Waals surface area contributed by atoms with Crippen molar-refractivity contribution in [1.82, 2.24) is 0 Å². The Morgan fingerprint density at radius 3 is 2.60 bits per heavy atom. The zero-order valence-corrected chi connectivity index (χ0v) is 10.2. The van der Waals surface area contributed by atoms with Gasteiger partial charge in [-0.15, -0.1) is 0 Å². The van der Waals surface area contributed by atoms with Crippen molar-refractivity contribution in [3.05, 3.63) is 29.3 Å². The second kappa shape index (κ2) is 5.12. The molecule has 0 unspecified atom stereocenters. The van der Waals surface area contributed by atoms with Crippen LogP contribution in [0.25, 0.3) is 0 Å². The number of halogens is 3. The molecule has 0 saturated carbocycles. The van der Waals surface area contributed by atoms with Crippen molar-refractivity contribution in [2.45, 2.75) is 6.18 Å². The van der Waals surface area contributed by atoms with E-state index < -0.39 is 29.2 Å². The Balaban J connectivity index is 2.63. The van der Waals surface area contributed by atoms with Crippen molar-refractivity contribution >= 4 is 17.5 Å². The number of alkyl halides is 3. The average molecular weight is 288 g/mol. The monoisotopic (exact) mass is 288 g/mol. The molecular formula is C12H11F3N2O3. The van der Waals surface area contributed by atoms with E-state index in [1.807, 2.05) is 0 Å². The molecule has 1 heterocycles. The predicted octanol–water partition coefficient (Wildman–Crippen LogP) is 1.17. The van der Waals surface area contributed by atoms with Crippen LogP contribution in [0.15, 0.2) is 18.2 Å². The number of hydrogen-bond donors (Lipinski definition) is 1. The van der Waals surface area contributed by atoms with E-state index in [9.17, 15) is 22.8 Å². The van der Waals surface area contributed by atoms with Gasteiger partial charge in [-0.2, -0.15) is 13.2 Å². The van der Waals surface area contributed by atoms with Gasteiger partial charge in [0.05, 0.1) is 23.4 Å². The van der Waals surface area contributed by atoms with Gasteiger partial charge in [-0.25, -0.2) is 0 Å². The lowest BCUT2D eigenvalue weighted by atomic mass is 10.0. The second-order valence-electron chi connectivity index (χ2n) is 4.16. The van der Waals surface area contributed by atoms with Crippen molar-refractivity contribution < 1.29 is 27.5 Å². The maximum atomic E-state index is 13.1. The molecule has 0 radical (unpaired) electrons. The summed E-state index contributed by atoms with van der Waals surface area (Å²) in [4.78, 5) is 24.0. The van der Waals surface area contributed by atoms with Crippen LogP contribution >= 0.6 is 0 Å². The van der Waals surface area contributed by atoms with Gasteiger partial charge in [0, 0.05) is 6.54 Å². The van der Waals surface area contributed by atoms with Crippen molar-refractivity contribution in [2.24, 2.45) is 5.73 Å². The molecule has 0 aliphatic carbocycles. The minimum atomic E-state index is -4.70. The number of nitrogens with zero attached hydrogens (tertiary/aromatic N) is 1. The van der Waals surface area contributed by atoms with Gasteiger partial charge in [0.2, 0.25) is 0 Å². The number of primary amides is 1. The Labute approximate surface area is 112 Å². The molecule has 1 aromatic carbocycles. The molecule has 1 fully saturated rings. The van der Waals surface area contributed by atoms with E-state index in [1.54, 1.807) is 0 Å². The van der Waals surface area contributed by atoms with E-state index >= 15 is 0 Å². The van der Waals surface area contributed by atoms with Gasteiger partial charge in [0.25, 0.3) is 11.8 Å². The predicted molar refractivity (Wildman–Crippen MR) is 63.1 cm³/mol. The molecule has 1 aliphatic rings. The Morgan fingerprint density at radius 2 is 2.05 bits per heavy atom. The summed E-state index contributed by atoms with van der Waals surface area (Å²) in [5.74, 6) is -1.67. The number of para-hydroxylation sites is 1. The standard InChI is InChI=1S/C12H11F3N2O3/c13-12(14,15)8-3-1-2-7(11(16)19)10(8)17-4-5-20-6-9(17)18/h1-3H,4-6H2,(H2,16,19). The molecule has 5 nitrogen and oxygen atoms in total. The molecule has 1 aliphatic heterocycles. The van der Waals surface area contributed by atoms with Gasteiger partial charge < -0.3 is 15.4 Å². The van der Waals surface area contributed by atoms with Crippen LogP contribution in [-0.4, -0.2) is 31.6 Å². The first kappa shape index (κ1) is 14.3. The Morgan fingerprint density at radius 1 is 1.35 bits per heavy atom. The summed E-state index contributed by atoms with van der Waals surface area (Å²) in [6.07, 6.45) is -4.70. The van der Waals surface area contributed by atoms with Crippen LogP contribution in [0, 0.1) is 0 Å². The SMILES string of the molecule is NC(=O)c1cccc(C(F)(F)F)c1N1CCOCC1=O. The smallest absolute Gasteiger partial charge is 0.370 e. The highest BCUT2D eigenvalue weighted by atomic mass is 19.4. The summed E-state index contributed by atoms with van der Waals surface area (Å²) >= 11 is 0. The lowest BCUT2D eigenvalue weighted by Crippen LogP contribution is -2.43. The molecule has 1 aromatic rings. The maximum Gasteiger partial charge on any atom is 0.418 e. The summed E-state index contributed by atoms with van der Waals surface area (Å²) in [6, 6.07) is 3.05. The number of hydrogen-bond acceptors (Lipinski definition) is 3. The minimum Gasteiger partial charge on any atom is -0.370 e. The van der Waals surface area contributed by atoms with Crippen molar-refractivity contribution in [3.8, 4) is 0 Å². The number of morpholine rings is 1. The van der Waals surface area contributed by atoms with Crippen LogP contribution in [0.1, 0.15) is 15.9 Å². The van der Waals surface area contributed by atoms with E-state index in [0.717, 1.165) is 23.1 Å². The number of nitrogens with two attached hydrogens (primary N) is 1. The molecule has 108 valence electrons. The highest BCUT2D eigenvalue weighted by molar-refractivity contribution is 6.05. The number of amides is 2. The normalized spacial score (nSPS) is 16.4. The van der Waals surface area contributed by atoms with Crippen LogP contribution in [-0.2, 0) is 15.7 Å². The van der Waals surface area contributed by atoms with E-state index in [-0.39, 0.29) is 25.3 Å².